The minimum atomic E-state index is 0.505. The van der Waals surface area contributed by atoms with Gasteiger partial charge in [-0.2, -0.15) is 0 Å². The summed E-state index contributed by atoms with van der Waals surface area (Å²) in [6.07, 6.45) is 1.19. The lowest BCUT2D eigenvalue weighted by atomic mass is 10.1. The van der Waals surface area contributed by atoms with Crippen molar-refractivity contribution < 1.29 is 4.74 Å². The number of rotatable bonds is 6. The molecule has 1 heterocycles. The predicted octanol–water partition coefficient (Wildman–Crippen LogP) is 1.89. The van der Waals surface area contributed by atoms with Crippen molar-refractivity contribution in [3.8, 4) is 0 Å². The van der Waals surface area contributed by atoms with E-state index in [9.17, 15) is 0 Å². The van der Waals surface area contributed by atoms with Gasteiger partial charge in [0, 0.05) is 25.7 Å². The van der Waals surface area contributed by atoms with Crippen molar-refractivity contribution in [2.75, 3.05) is 32.8 Å². The normalized spacial score (nSPS) is 21.1. The largest absolute Gasteiger partial charge is 0.378 e. The fourth-order valence-electron chi connectivity index (χ4n) is 2.35. The van der Waals surface area contributed by atoms with Crippen LogP contribution in [0.4, 0.5) is 0 Å². The molecule has 0 bridgehead atoms. The first kappa shape index (κ1) is 13.5. The molecule has 18 heavy (non-hydrogen) atoms. The highest BCUT2D eigenvalue weighted by atomic mass is 16.5. The lowest BCUT2D eigenvalue weighted by Crippen LogP contribution is -2.49. The van der Waals surface area contributed by atoms with Crippen molar-refractivity contribution in [2.45, 2.75) is 25.9 Å². The molecule has 0 saturated carbocycles. The van der Waals surface area contributed by atoms with Gasteiger partial charge in [-0.25, -0.2) is 0 Å². The van der Waals surface area contributed by atoms with Gasteiger partial charge in [-0.05, 0) is 18.5 Å². The monoisotopic (exact) mass is 248 g/mol. The number of morpholine rings is 1. The second kappa shape index (κ2) is 7.52. The van der Waals surface area contributed by atoms with Crippen LogP contribution < -0.4 is 5.32 Å². The van der Waals surface area contributed by atoms with E-state index in [1.165, 1.54) is 12.0 Å². The standard InChI is InChI=1S/C15H24N2O/c1-2-8-16-11-15-13-18-10-9-17(15)12-14-6-4-3-5-7-14/h3-7,15-16H,2,8-13H2,1H3. The Morgan fingerprint density at radius 1 is 1.33 bits per heavy atom. The molecule has 3 heteroatoms. The molecule has 3 nitrogen and oxygen atoms in total. The van der Waals surface area contributed by atoms with Crippen LogP contribution in [-0.2, 0) is 11.3 Å². The van der Waals surface area contributed by atoms with Gasteiger partial charge in [0.05, 0.1) is 13.2 Å². The molecule has 1 aromatic rings. The van der Waals surface area contributed by atoms with Gasteiger partial charge < -0.3 is 10.1 Å². The summed E-state index contributed by atoms with van der Waals surface area (Å²) in [5.74, 6) is 0. The molecule has 0 aliphatic carbocycles. The first-order valence-corrected chi connectivity index (χ1v) is 6.96. The molecule has 1 N–H and O–H groups in total. The van der Waals surface area contributed by atoms with Crippen molar-refractivity contribution in [1.82, 2.24) is 10.2 Å². The summed E-state index contributed by atoms with van der Waals surface area (Å²) in [6.45, 7) is 8.10. The van der Waals surface area contributed by atoms with E-state index in [2.05, 4.69) is 47.5 Å². The number of benzene rings is 1. The maximum Gasteiger partial charge on any atom is 0.0635 e. The molecule has 1 unspecified atom stereocenters. The minimum Gasteiger partial charge on any atom is -0.378 e. The fraction of sp³-hybridized carbons (Fsp3) is 0.600. The highest BCUT2D eigenvalue weighted by Gasteiger charge is 2.22. The van der Waals surface area contributed by atoms with Gasteiger partial charge in [-0.15, -0.1) is 0 Å². The molecule has 1 saturated heterocycles. The first-order valence-electron chi connectivity index (χ1n) is 6.96. The Morgan fingerprint density at radius 2 is 2.17 bits per heavy atom. The van der Waals surface area contributed by atoms with Crippen LogP contribution in [0.1, 0.15) is 18.9 Å². The van der Waals surface area contributed by atoms with E-state index in [1.54, 1.807) is 0 Å². The molecule has 1 fully saturated rings. The van der Waals surface area contributed by atoms with Crippen LogP contribution >= 0.6 is 0 Å². The molecule has 2 rings (SSSR count). The highest BCUT2D eigenvalue weighted by molar-refractivity contribution is 5.14. The molecular formula is C15H24N2O. The Balaban J connectivity index is 1.87. The molecule has 0 radical (unpaired) electrons. The van der Waals surface area contributed by atoms with Crippen LogP contribution in [0.15, 0.2) is 30.3 Å². The Morgan fingerprint density at radius 3 is 2.94 bits per heavy atom. The van der Waals surface area contributed by atoms with Crippen molar-refractivity contribution in [1.29, 1.82) is 0 Å². The zero-order valence-electron chi connectivity index (χ0n) is 11.3. The third-order valence-electron chi connectivity index (χ3n) is 3.38. The SMILES string of the molecule is CCCNCC1COCCN1Cc1ccccc1. The van der Waals surface area contributed by atoms with Crippen LogP contribution in [0.3, 0.4) is 0 Å². The Hall–Kier alpha value is -0.900. The minimum absolute atomic E-state index is 0.505. The number of ether oxygens (including phenoxy) is 1. The smallest absolute Gasteiger partial charge is 0.0635 e. The molecule has 0 amide bonds. The Kier molecular flexibility index (Phi) is 5.65. The van der Waals surface area contributed by atoms with Gasteiger partial charge >= 0.3 is 0 Å². The zero-order chi connectivity index (χ0) is 12.6. The third-order valence-corrected chi connectivity index (χ3v) is 3.38. The number of hydrogen-bond acceptors (Lipinski definition) is 3. The van der Waals surface area contributed by atoms with E-state index in [0.717, 1.165) is 39.4 Å². The predicted molar refractivity (Wildman–Crippen MR) is 74.6 cm³/mol. The summed E-state index contributed by atoms with van der Waals surface area (Å²) < 4.78 is 5.60. The van der Waals surface area contributed by atoms with Crippen molar-refractivity contribution in [3.05, 3.63) is 35.9 Å². The van der Waals surface area contributed by atoms with Crippen LogP contribution in [-0.4, -0.2) is 43.8 Å². The molecule has 1 atom stereocenters. The first-order chi connectivity index (χ1) is 8.90. The van der Waals surface area contributed by atoms with Crippen LogP contribution in [0, 0.1) is 0 Å². The second-order valence-electron chi connectivity index (χ2n) is 4.89. The Bertz CT molecular complexity index is 329. The molecule has 100 valence electrons. The summed E-state index contributed by atoms with van der Waals surface area (Å²) in [4.78, 5) is 2.53. The average molecular weight is 248 g/mol. The molecule has 1 aliphatic rings. The van der Waals surface area contributed by atoms with E-state index in [1.807, 2.05) is 0 Å². The lowest BCUT2D eigenvalue weighted by Gasteiger charge is -2.35. The quantitative estimate of drug-likeness (QED) is 0.778. The Labute approximate surface area is 110 Å². The molecular weight excluding hydrogens is 224 g/mol. The highest BCUT2D eigenvalue weighted by Crippen LogP contribution is 2.11. The van der Waals surface area contributed by atoms with Gasteiger partial charge in [0.25, 0.3) is 0 Å². The fourth-order valence-corrected chi connectivity index (χ4v) is 2.35. The maximum absolute atomic E-state index is 5.60. The third kappa shape index (κ3) is 4.09. The molecule has 1 aromatic carbocycles. The van der Waals surface area contributed by atoms with Crippen LogP contribution in [0.2, 0.25) is 0 Å². The number of nitrogens with one attached hydrogen (secondary N) is 1. The molecule has 0 spiro atoms. The van der Waals surface area contributed by atoms with Crippen molar-refractivity contribution >= 4 is 0 Å². The topological polar surface area (TPSA) is 24.5 Å². The summed E-state index contributed by atoms with van der Waals surface area (Å²) in [6, 6.07) is 11.2. The van der Waals surface area contributed by atoms with E-state index in [-0.39, 0.29) is 0 Å². The number of nitrogens with zero attached hydrogens (tertiary/aromatic N) is 1. The van der Waals surface area contributed by atoms with Gasteiger partial charge in [-0.3, -0.25) is 4.90 Å². The second-order valence-corrected chi connectivity index (χ2v) is 4.89. The van der Waals surface area contributed by atoms with Crippen LogP contribution in [0.5, 0.6) is 0 Å². The van der Waals surface area contributed by atoms with Gasteiger partial charge in [0.15, 0.2) is 0 Å². The number of hydrogen-bond donors (Lipinski definition) is 1. The molecule has 1 aliphatic heterocycles. The van der Waals surface area contributed by atoms with E-state index < -0.39 is 0 Å². The summed E-state index contributed by atoms with van der Waals surface area (Å²) in [7, 11) is 0. The lowest BCUT2D eigenvalue weighted by molar-refractivity contribution is -0.0108. The summed E-state index contributed by atoms with van der Waals surface area (Å²) >= 11 is 0. The van der Waals surface area contributed by atoms with Crippen molar-refractivity contribution in [2.24, 2.45) is 0 Å². The van der Waals surface area contributed by atoms with Gasteiger partial charge in [-0.1, -0.05) is 37.3 Å². The average Bonchev–Trinajstić information content (AvgIpc) is 2.42. The van der Waals surface area contributed by atoms with E-state index >= 15 is 0 Å². The summed E-state index contributed by atoms with van der Waals surface area (Å²) in [5.41, 5.74) is 1.39. The van der Waals surface area contributed by atoms with Crippen LogP contribution in [0.25, 0.3) is 0 Å². The molecule has 0 aromatic heterocycles. The maximum atomic E-state index is 5.60. The van der Waals surface area contributed by atoms with Gasteiger partial charge in [0.1, 0.15) is 0 Å². The zero-order valence-corrected chi connectivity index (χ0v) is 11.3. The van der Waals surface area contributed by atoms with E-state index in [4.69, 9.17) is 4.74 Å². The van der Waals surface area contributed by atoms with Crippen molar-refractivity contribution in [3.63, 3.8) is 0 Å². The van der Waals surface area contributed by atoms with Gasteiger partial charge in [0.2, 0.25) is 0 Å². The van der Waals surface area contributed by atoms with E-state index in [0.29, 0.717) is 6.04 Å². The summed E-state index contributed by atoms with van der Waals surface area (Å²) in [5, 5.41) is 3.50.